The quantitative estimate of drug-likeness (QED) is 0.390. The summed E-state index contributed by atoms with van der Waals surface area (Å²) in [6.07, 6.45) is 1.74. The van der Waals surface area contributed by atoms with Gasteiger partial charge in [-0.05, 0) is 48.1 Å². The number of aryl methyl sites for hydroxylation is 1. The van der Waals surface area contributed by atoms with E-state index in [1.165, 1.54) is 11.3 Å². The van der Waals surface area contributed by atoms with Crippen molar-refractivity contribution in [2.75, 3.05) is 11.4 Å². The molecule has 0 fully saturated rings. The van der Waals surface area contributed by atoms with Crippen molar-refractivity contribution in [3.05, 3.63) is 46.2 Å². The first kappa shape index (κ1) is 16.7. The largest absolute Gasteiger partial charge is 0.422 e. The van der Waals surface area contributed by atoms with Gasteiger partial charge in [0.15, 0.2) is 0 Å². The zero-order chi connectivity index (χ0) is 16.4. The van der Waals surface area contributed by atoms with E-state index in [0.717, 1.165) is 24.1 Å². The highest BCUT2D eigenvalue weighted by molar-refractivity contribution is 9.25. The SMILES string of the molecule is O=C(Oc1ccc2c(c1)CCCN2C(=O)C(Br)Br)c1cccs1. The van der Waals surface area contributed by atoms with Crippen molar-refractivity contribution in [3.63, 3.8) is 0 Å². The minimum absolute atomic E-state index is 0.0331. The Morgan fingerprint density at radius 2 is 2.09 bits per heavy atom. The average molecular weight is 459 g/mol. The van der Waals surface area contributed by atoms with E-state index in [-0.39, 0.29) is 11.9 Å². The minimum Gasteiger partial charge on any atom is -0.422 e. The summed E-state index contributed by atoms with van der Waals surface area (Å²) in [7, 11) is 0. The van der Waals surface area contributed by atoms with E-state index in [1.54, 1.807) is 17.0 Å². The highest BCUT2D eigenvalue weighted by Gasteiger charge is 2.26. The molecule has 0 saturated heterocycles. The predicted molar refractivity (Wildman–Crippen MR) is 98.0 cm³/mol. The van der Waals surface area contributed by atoms with Crippen LogP contribution in [0.25, 0.3) is 0 Å². The molecule has 23 heavy (non-hydrogen) atoms. The van der Waals surface area contributed by atoms with Crippen molar-refractivity contribution >= 4 is 60.8 Å². The second kappa shape index (κ2) is 7.15. The molecule has 1 amide bonds. The van der Waals surface area contributed by atoms with Crippen molar-refractivity contribution < 1.29 is 14.3 Å². The summed E-state index contributed by atoms with van der Waals surface area (Å²) in [5.74, 6) is 0.115. The molecule has 0 saturated carbocycles. The van der Waals surface area contributed by atoms with Crippen LogP contribution in [-0.2, 0) is 11.2 Å². The number of hydrogen-bond acceptors (Lipinski definition) is 4. The third-order valence-corrected chi connectivity index (χ3v) is 5.19. The van der Waals surface area contributed by atoms with E-state index in [4.69, 9.17) is 4.74 Å². The summed E-state index contributed by atoms with van der Waals surface area (Å²) in [5, 5.41) is 1.84. The van der Waals surface area contributed by atoms with E-state index >= 15 is 0 Å². The van der Waals surface area contributed by atoms with Gasteiger partial charge in [0, 0.05) is 12.2 Å². The third-order valence-electron chi connectivity index (χ3n) is 3.56. The van der Waals surface area contributed by atoms with Gasteiger partial charge >= 0.3 is 5.97 Å². The number of anilines is 1. The van der Waals surface area contributed by atoms with Crippen LogP contribution in [0.4, 0.5) is 5.69 Å². The van der Waals surface area contributed by atoms with E-state index in [1.807, 2.05) is 23.6 Å². The summed E-state index contributed by atoms with van der Waals surface area (Å²) in [4.78, 5) is 26.6. The molecule has 0 aliphatic carbocycles. The zero-order valence-electron chi connectivity index (χ0n) is 12.0. The Labute approximate surface area is 154 Å². The summed E-state index contributed by atoms with van der Waals surface area (Å²) in [6, 6.07) is 8.96. The van der Waals surface area contributed by atoms with Crippen LogP contribution in [0.15, 0.2) is 35.7 Å². The summed E-state index contributed by atoms with van der Waals surface area (Å²) in [5.41, 5.74) is 1.89. The lowest BCUT2D eigenvalue weighted by molar-refractivity contribution is -0.116. The first-order chi connectivity index (χ1) is 11.1. The molecule has 120 valence electrons. The number of hydrogen-bond donors (Lipinski definition) is 0. The molecule has 2 heterocycles. The van der Waals surface area contributed by atoms with Crippen LogP contribution in [0.5, 0.6) is 5.75 Å². The molecule has 0 N–H and O–H groups in total. The van der Waals surface area contributed by atoms with Crippen LogP contribution < -0.4 is 9.64 Å². The van der Waals surface area contributed by atoms with Crippen LogP contribution in [0.2, 0.25) is 0 Å². The highest BCUT2D eigenvalue weighted by Crippen LogP contribution is 2.32. The Morgan fingerprint density at radius 3 is 2.78 bits per heavy atom. The van der Waals surface area contributed by atoms with Crippen LogP contribution in [0.1, 0.15) is 21.7 Å². The predicted octanol–water partition coefficient (Wildman–Crippen LogP) is 4.36. The zero-order valence-corrected chi connectivity index (χ0v) is 16.0. The van der Waals surface area contributed by atoms with Crippen molar-refractivity contribution in [3.8, 4) is 5.75 Å². The van der Waals surface area contributed by atoms with Gasteiger partial charge in [-0.25, -0.2) is 4.79 Å². The van der Waals surface area contributed by atoms with Gasteiger partial charge in [-0.1, -0.05) is 37.9 Å². The fourth-order valence-corrected chi connectivity index (χ4v) is 3.63. The highest BCUT2D eigenvalue weighted by atomic mass is 79.9. The van der Waals surface area contributed by atoms with Gasteiger partial charge < -0.3 is 9.64 Å². The second-order valence-electron chi connectivity index (χ2n) is 5.05. The van der Waals surface area contributed by atoms with Crippen LogP contribution in [-0.4, -0.2) is 22.2 Å². The maximum Gasteiger partial charge on any atom is 0.353 e. The van der Waals surface area contributed by atoms with Crippen molar-refractivity contribution in [1.82, 2.24) is 0 Å². The molecule has 7 heteroatoms. The Morgan fingerprint density at radius 1 is 1.26 bits per heavy atom. The van der Waals surface area contributed by atoms with Crippen molar-refractivity contribution in [1.29, 1.82) is 0 Å². The number of carbonyl (C=O) groups is 2. The topological polar surface area (TPSA) is 46.6 Å². The Bertz CT molecular complexity index is 731. The molecule has 0 bridgehead atoms. The fourth-order valence-electron chi connectivity index (χ4n) is 2.54. The number of esters is 1. The molecular formula is C16H13Br2NO3S. The van der Waals surface area contributed by atoms with Gasteiger partial charge in [0.05, 0.1) is 0 Å². The average Bonchev–Trinajstić information content (AvgIpc) is 3.08. The van der Waals surface area contributed by atoms with E-state index < -0.39 is 3.74 Å². The monoisotopic (exact) mass is 457 g/mol. The Hall–Kier alpha value is -1.18. The molecule has 0 atom stereocenters. The maximum absolute atomic E-state index is 12.2. The number of ether oxygens (including phenoxy) is 1. The second-order valence-corrected chi connectivity index (χ2v) is 9.06. The molecule has 1 aliphatic heterocycles. The van der Waals surface area contributed by atoms with E-state index in [2.05, 4.69) is 31.9 Å². The minimum atomic E-state index is -0.405. The lowest BCUT2D eigenvalue weighted by Gasteiger charge is -2.30. The number of benzene rings is 1. The number of fused-ring (bicyclic) bond motifs is 1. The number of nitrogens with zero attached hydrogens (tertiary/aromatic N) is 1. The molecule has 1 aromatic carbocycles. The van der Waals surface area contributed by atoms with Gasteiger partial charge in [0.25, 0.3) is 5.91 Å². The molecule has 0 unspecified atom stereocenters. The molecule has 1 aliphatic rings. The molecule has 0 radical (unpaired) electrons. The number of alkyl halides is 2. The molecular weight excluding hydrogens is 446 g/mol. The number of carbonyl (C=O) groups excluding carboxylic acids is 2. The van der Waals surface area contributed by atoms with Gasteiger partial charge in [-0.3, -0.25) is 4.79 Å². The Balaban J connectivity index is 1.82. The van der Waals surface area contributed by atoms with Gasteiger partial charge in [-0.15, -0.1) is 11.3 Å². The lowest BCUT2D eigenvalue weighted by Crippen LogP contribution is -2.38. The molecule has 1 aromatic heterocycles. The standard InChI is InChI=1S/C16H13Br2NO3S/c17-14(18)15(20)19-7-1-3-10-9-11(5-6-12(10)19)22-16(21)13-4-2-8-23-13/h2,4-6,8-9,14H,1,3,7H2. The van der Waals surface area contributed by atoms with Gasteiger partial charge in [0.1, 0.15) is 14.4 Å². The van der Waals surface area contributed by atoms with E-state index in [9.17, 15) is 9.59 Å². The fraction of sp³-hybridized carbons (Fsp3) is 0.250. The number of thiophene rings is 1. The smallest absolute Gasteiger partial charge is 0.353 e. The number of rotatable bonds is 3. The third kappa shape index (κ3) is 3.67. The molecule has 0 spiro atoms. The van der Waals surface area contributed by atoms with Crippen LogP contribution >= 0.6 is 43.2 Å². The van der Waals surface area contributed by atoms with Crippen LogP contribution in [0.3, 0.4) is 0 Å². The summed E-state index contributed by atoms with van der Waals surface area (Å²) in [6.45, 7) is 0.688. The van der Waals surface area contributed by atoms with Gasteiger partial charge in [0.2, 0.25) is 0 Å². The lowest BCUT2D eigenvalue weighted by atomic mass is 10.0. The number of halogens is 2. The van der Waals surface area contributed by atoms with Gasteiger partial charge in [-0.2, -0.15) is 0 Å². The molecule has 3 rings (SSSR count). The van der Waals surface area contributed by atoms with E-state index in [0.29, 0.717) is 17.2 Å². The molecule has 2 aromatic rings. The first-order valence-corrected chi connectivity index (χ1v) is 9.75. The maximum atomic E-state index is 12.2. The Kier molecular flexibility index (Phi) is 5.18. The normalized spacial score (nSPS) is 13.8. The number of amides is 1. The molecule has 4 nitrogen and oxygen atoms in total. The van der Waals surface area contributed by atoms with Crippen molar-refractivity contribution in [2.24, 2.45) is 0 Å². The van der Waals surface area contributed by atoms with Crippen molar-refractivity contribution in [2.45, 2.75) is 16.6 Å². The summed E-state index contributed by atoms with van der Waals surface area (Å²) >= 11 is 7.86. The van der Waals surface area contributed by atoms with Crippen LogP contribution in [0, 0.1) is 0 Å². The first-order valence-electron chi connectivity index (χ1n) is 7.04. The summed E-state index contributed by atoms with van der Waals surface area (Å²) < 4.78 is 5.01.